The van der Waals surface area contributed by atoms with Gasteiger partial charge in [0.25, 0.3) is 0 Å². The van der Waals surface area contributed by atoms with Crippen molar-refractivity contribution in [2.24, 2.45) is 0 Å². The number of carbonyl (C=O) groups is 4. The fourth-order valence-corrected chi connectivity index (χ4v) is 3.70. The van der Waals surface area contributed by atoms with Crippen LogP contribution in [0, 0.1) is 0 Å². The number of benzene rings is 4. The Morgan fingerprint density at radius 2 is 0.840 bits per heavy atom. The van der Waals surface area contributed by atoms with Crippen molar-refractivity contribution in [3.63, 3.8) is 0 Å². The Bertz CT molecular complexity index is 1590. The third kappa shape index (κ3) is 17.6. The van der Waals surface area contributed by atoms with Gasteiger partial charge >= 0.3 is 39.0 Å². The number of rotatable bonds is 8. The van der Waals surface area contributed by atoms with Gasteiger partial charge in [-0.1, -0.05) is 108 Å². The normalized spacial score (nSPS) is 9.32. The third-order valence-electron chi connectivity index (χ3n) is 5.37. The van der Waals surface area contributed by atoms with Gasteiger partial charge in [-0.15, -0.1) is 0 Å². The van der Waals surface area contributed by atoms with Crippen LogP contribution in [0.1, 0.15) is 20.7 Å². The van der Waals surface area contributed by atoms with Gasteiger partial charge in [0.15, 0.2) is 11.8 Å². The number of halogens is 2. The van der Waals surface area contributed by atoms with Gasteiger partial charge in [0, 0.05) is 21.2 Å². The predicted octanol–water partition coefficient (Wildman–Crippen LogP) is 7.24. The number of nitrogens with one attached hydrogen (secondary N) is 2. The Morgan fingerprint density at radius 3 is 1.16 bits per heavy atom. The molecule has 0 spiro atoms. The molecular formula is C32H24Cl2N6O6S2Zn2. The van der Waals surface area contributed by atoms with Gasteiger partial charge in [-0.25, -0.2) is 0 Å². The van der Waals surface area contributed by atoms with Gasteiger partial charge in [0.05, 0.1) is 11.8 Å². The predicted molar refractivity (Wildman–Crippen MR) is 190 cm³/mol. The molecule has 0 aliphatic heterocycles. The first-order valence-corrected chi connectivity index (χ1v) is 15.1. The minimum atomic E-state index is -0.638. The maximum Gasteiger partial charge on any atom is 2.00 e. The summed E-state index contributed by atoms with van der Waals surface area (Å²) >= 11 is 21.2. The fraction of sp³-hybridized carbons (Fsp3) is 0.0625. The van der Waals surface area contributed by atoms with E-state index >= 15 is 0 Å². The second-order valence-electron chi connectivity index (χ2n) is 8.92. The monoisotopic (exact) mass is 850 g/mol. The molecule has 0 fully saturated rings. The molecule has 0 bridgehead atoms. The number of hydrogen-bond donors (Lipinski definition) is 2. The van der Waals surface area contributed by atoms with E-state index in [0.717, 1.165) is 0 Å². The molecule has 0 aromatic heterocycles. The maximum atomic E-state index is 11.8. The van der Waals surface area contributed by atoms with Gasteiger partial charge in [-0.3, -0.25) is 9.59 Å². The van der Waals surface area contributed by atoms with Crippen molar-refractivity contribution in [2.75, 3.05) is 13.2 Å². The minimum Gasteiger partial charge on any atom is -0.656 e. The van der Waals surface area contributed by atoms with Crippen molar-refractivity contribution in [3.05, 3.63) is 152 Å². The average Bonchev–Trinajstić information content (AvgIpc) is 3.10. The molecule has 0 aliphatic carbocycles. The maximum absolute atomic E-state index is 11.8. The van der Waals surface area contributed by atoms with Crippen LogP contribution in [0.3, 0.4) is 0 Å². The molecule has 4 amide bonds. The number of nitrogens with zero attached hydrogens (tertiary/aromatic N) is 4. The summed E-state index contributed by atoms with van der Waals surface area (Å²) in [5, 5.41) is 5.43. The number of ether oxygens (including phenoxy) is 2. The summed E-state index contributed by atoms with van der Waals surface area (Å²) in [5.41, 5.74) is 14.6. The van der Waals surface area contributed by atoms with Crippen molar-refractivity contribution < 1.29 is 67.6 Å². The average molecular weight is 854 g/mol. The Kier molecular flexibility index (Phi) is 21.3. The van der Waals surface area contributed by atoms with E-state index in [1.165, 1.54) is 0 Å². The van der Waals surface area contributed by atoms with E-state index in [9.17, 15) is 19.2 Å². The van der Waals surface area contributed by atoms with Crippen LogP contribution >= 0.6 is 47.6 Å². The molecule has 4 aromatic rings. The minimum absolute atomic E-state index is 0. The topological polar surface area (TPSA) is 167 Å². The summed E-state index contributed by atoms with van der Waals surface area (Å²) < 4.78 is 10.4. The molecule has 4 rings (SSSR count). The zero-order valence-electron chi connectivity index (χ0n) is 26.0. The van der Waals surface area contributed by atoms with E-state index in [4.69, 9.17) is 57.1 Å². The van der Waals surface area contributed by atoms with E-state index < -0.39 is 23.6 Å². The Labute approximate surface area is 334 Å². The van der Waals surface area contributed by atoms with Crippen molar-refractivity contribution in [2.45, 2.75) is 0 Å². The van der Waals surface area contributed by atoms with Gasteiger partial charge in [-0.05, 0) is 58.8 Å². The first-order chi connectivity index (χ1) is 23.1. The molecule has 0 saturated carbocycles. The first kappa shape index (κ1) is 44.0. The zero-order chi connectivity index (χ0) is 34.7. The zero-order valence-corrected chi connectivity index (χ0v) is 35.1. The smallest absolute Gasteiger partial charge is 0.656 e. The van der Waals surface area contributed by atoms with E-state index in [-0.39, 0.29) is 62.4 Å². The van der Waals surface area contributed by atoms with Crippen LogP contribution < -0.4 is 20.1 Å². The number of thiocarbonyl (C=S) groups is 2. The van der Waals surface area contributed by atoms with E-state index in [0.29, 0.717) is 32.7 Å². The second-order valence-corrected chi connectivity index (χ2v) is 10.6. The molecule has 248 valence electrons. The van der Waals surface area contributed by atoms with Crippen LogP contribution in [0.2, 0.25) is 10.0 Å². The van der Waals surface area contributed by atoms with Crippen molar-refractivity contribution >= 4 is 81.5 Å². The van der Waals surface area contributed by atoms with Gasteiger partial charge in [0.2, 0.25) is 0 Å². The van der Waals surface area contributed by atoms with E-state index in [1.807, 2.05) is 0 Å². The molecule has 0 atom stereocenters. The van der Waals surface area contributed by atoms with Crippen LogP contribution in [0.15, 0.2) is 109 Å². The van der Waals surface area contributed by atoms with Crippen molar-refractivity contribution in [1.82, 2.24) is 10.6 Å². The fourth-order valence-electron chi connectivity index (χ4n) is 3.18. The summed E-state index contributed by atoms with van der Waals surface area (Å²) in [4.78, 5) is 46.8. The summed E-state index contributed by atoms with van der Waals surface area (Å²) in [7, 11) is 0. The summed E-state index contributed by atoms with van der Waals surface area (Å²) in [5.74, 6) is -1.18. The third-order valence-corrected chi connectivity index (χ3v) is 6.24. The molecule has 0 saturated heterocycles. The van der Waals surface area contributed by atoms with Gasteiger partial charge in [-0.2, -0.15) is 0 Å². The molecule has 0 unspecified atom stereocenters. The molecule has 0 aliphatic rings. The molecule has 0 heterocycles. The molecule has 4 aromatic carbocycles. The van der Waals surface area contributed by atoms with Crippen LogP contribution in [0.4, 0.5) is 0 Å². The Hall–Kier alpha value is -4.03. The van der Waals surface area contributed by atoms with Crippen LogP contribution in [0.25, 0.3) is 21.7 Å². The standard InChI is InChI=1S/2C16H12ClN3O3S.2Zn/c2*17-12-6-8-13(9-7-12)23-10-14(21)19-20-16(24)18-15(22)11-4-2-1-3-5-11;;/h2*1-9H,10H2,(H-2,18,19,20,21,22,24);;/q2*-2;2*+2. The Morgan fingerprint density at radius 1 is 0.520 bits per heavy atom. The first-order valence-electron chi connectivity index (χ1n) is 13.6. The number of carbonyl (C=O) groups excluding carboxylic acids is 4. The van der Waals surface area contributed by atoms with Crippen molar-refractivity contribution in [3.8, 4) is 11.5 Å². The molecule has 0 radical (unpaired) electrons. The molecule has 50 heavy (non-hydrogen) atoms. The van der Waals surface area contributed by atoms with Crippen LogP contribution in [-0.4, -0.2) is 47.1 Å². The van der Waals surface area contributed by atoms with E-state index in [1.54, 1.807) is 109 Å². The SMILES string of the molecule is O=C(COc1ccc(Cl)cc1)[N-][N-]C(=S)NC(=O)c1ccccc1.O=C(COc1ccc(Cl)cc1)[N-][N-]C(=S)NC(=O)c1ccccc1.[Zn+2].[Zn+2]. The summed E-state index contributed by atoms with van der Waals surface area (Å²) in [6.45, 7) is -0.610. The number of hydrogen-bond acceptors (Lipinski definition) is 8. The molecular weight excluding hydrogens is 830 g/mol. The second kappa shape index (κ2) is 24.2. The Balaban J connectivity index is 0.000000481. The van der Waals surface area contributed by atoms with E-state index in [2.05, 4.69) is 32.3 Å². The summed E-state index contributed by atoms with van der Waals surface area (Å²) in [6, 6.07) is 30.0. The van der Waals surface area contributed by atoms with Crippen molar-refractivity contribution in [1.29, 1.82) is 0 Å². The molecule has 2 N–H and O–H groups in total. The molecule has 12 nitrogen and oxygen atoms in total. The molecule has 18 heteroatoms. The quantitative estimate of drug-likeness (QED) is 0.106. The largest absolute Gasteiger partial charge is 2.00 e. The van der Waals surface area contributed by atoms with Gasteiger partial charge in [0.1, 0.15) is 24.7 Å². The van der Waals surface area contributed by atoms with Crippen LogP contribution in [0.5, 0.6) is 11.5 Å². The summed E-state index contributed by atoms with van der Waals surface area (Å²) in [6.07, 6.45) is 0. The number of amides is 4. The van der Waals surface area contributed by atoms with Gasteiger partial charge < -0.3 is 51.4 Å². The van der Waals surface area contributed by atoms with Crippen LogP contribution in [-0.2, 0) is 48.5 Å².